The first-order valence-electron chi connectivity index (χ1n) is 6.58. The molecule has 0 saturated carbocycles. The lowest BCUT2D eigenvalue weighted by molar-refractivity contribution is -0.130. The highest BCUT2D eigenvalue weighted by Crippen LogP contribution is 2.05. The fraction of sp³-hybridized carbons (Fsp3) is 0.533. The lowest BCUT2D eigenvalue weighted by Crippen LogP contribution is -2.27. The number of amides is 1. The Labute approximate surface area is 115 Å². The van der Waals surface area contributed by atoms with Crippen LogP contribution in [-0.4, -0.2) is 30.3 Å². The molecule has 0 saturated heterocycles. The summed E-state index contributed by atoms with van der Waals surface area (Å²) in [5.74, 6) is 0.874. The Hall–Kier alpha value is -1.02. The molecule has 3 heteroatoms. The van der Waals surface area contributed by atoms with Gasteiger partial charge in [0.25, 0.3) is 0 Å². The number of hydrogen-bond acceptors (Lipinski definition) is 1. The van der Waals surface area contributed by atoms with Gasteiger partial charge in [-0.25, -0.2) is 0 Å². The van der Waals surface area contributed by atoms with Crippen LogP contribution in [0.4, 0.5) is 0 Å². The fourth-order valence-electron chi connectivity index (χ4n) is 1.85. The van der Waals surface area contributed by atoms with Crippen molar-refractivity contribution in [3.8, 4) is 0 Å². The molecule has 0 unspecified atom stereocenters. The summed E-state index contributed by atoms with van der Waals surface area (Å²) in [6, 6.07) is 10.4. The first-order valence-corrected chi connectivity index (χ1v) is 7.11. The molecule has 18 heavy (non-hydrogen) atoms. The zero-order valence-corrected chi connectivity index (χ0v) is 11.8. The van der Waals surface area contributed by atoms with E-state index in [1.165, 1.54) is 5.56 Å². The molecule has 0 radical (unpaired) electrons. The third-order valence-electron chi connectivity index (χ3n) is 3.00. The summed E-state index contributed by atoms with van der Waals surface area (Å²) < 4.78 is 0. The minimum absolute atomic E-state index is 0.230. The molecule has 100 valence electrons. The first-order chi connectivity index (χ1) is 8.74. The van der Waals surface area contributed by atoms with Crippen molar-refractivity contribution in [1.29, 1.82) is 0 Å². The van der Waals surface area contributed by atoms with Gasteiger partial charge in [0.05, 0.1) is 0 Å². The van der Waals surface area contributed by atoms with Crippen LogP contribution in [0, 0.1) is 0 Å². The summed E-state index contributed by atoms with van der Waals surface area (Å²) in [6.45, 7) is 0.828. The minimum atomic E-state index is 0.230. The van der Waals surface area contributed by atoms with Gasteiger partial charge in [0, 0.05) is 25.9 Å². The quantitative estimate of drug-likeness (QED) is 0.522. The summed E-state index contributed by atoms with van der Waals surface area (Å²) >= 11 is 5.59. The molecular formula is C15H22ClNO. The molecule has 0 fully saturated rings. The van der Waals surface area contributed by atoms with Gasteiger partial charge in [0.15, 0.2) is 0 Å². The SMILES string of the molecule is CN(CCCc1ccccc1)C(=O)CCCCCl. The molecule has 0 bridgehead atoms. The summed E-state index contributed by atoms with van der Waals surface area (Å²) in [6.07, 6.45) is 4.48. The third-order valence-corrected chi connectivity index (χ3v) is 3.27. The predicted octanol–water partition coefficient (Wildman–Crippen LogP) is 3.49. The van der Waals surface area contributed by atoms with Gasteiger partial charge in [-0.15, -0.1) is 11.6 Å². The molecule has 0 aliphatic heterocycles. The van der Waals surface area contributed by atoms with Crippen LogP contribution in [0.1, 0.15) is 31.2 Å². The van der Waals surface area contributed by atoms with Gasteiger partial charge in [-0.1, -0.05) is 30.3 Å². The Morgan fingerprint density at radius 3 is 2.56 bits per heavy atom. The van der Waals surface area contributed by atoms with E-state index in [4.69, 9.17) is 11.6 Å². The summed E-state index contributed by atoms with van der Waals surface area (Å²) in [5.41, 5.74) is 1.33. The van der Waals surface area contributed by atoms with E-state index in [0.29, 0.717) is 12.3 Å². The van der Waals surface area contributed by atoms with Crippen molar-refractivity contribution in [3.63, 3.8) is 0 Å². The van der Waals surface area contributed by atoms with Crippen LogP contribution in [0.5, 0.6) is 0 Å². The summed E-state index contributed by atoms with van der Waals surface area (Å²) in [5, 5.41) is 0. The second-order valence-electron chi connectivity index (χ2n) is 4.55. The van der Waals surface area contributed by atoms with Gasteiger partial charge in [-0.3, -0.25) is 4.79 Å². The maximum atomic E-state index is 11.7. The molecule has 1 aromatic rings. The van der Waals surface area contributed by atoms with Gasteiger partial charge < -0.3 is 4.90 Å². The second kappa shape index (κ2) is 8.98. The lowest BCUT2D eigenvalue weighted by Gasteiger charge is -2.17. The van der Waals surface area contributed by atoms with Crippen molar-refractivity contribution >= 4 is 17.5 Å². The highest BCUT2D eigenvalue weighted by atomic mass is 35.5. The minimum Gasteiger partial charge on any atom is -0.346 e. The Kier molecular flexibility index (Phi) is 7.51. The number of carbonyl (C=O) groups excluding carboxylic acids is 1. The summed E-state index contributed by atoms with van der Waals surface area (Å²) in [4.78, 5) is 13.6. The molecule has 0 atom stereocenters. The molecule has 0 heterocycles. The number of aryl methyl sites for hydroxylation is 1. The van der Waals surface area contributed by atoms with Crippen LogP contribution in [0.2, 0.25) is 0 Å². The van der Waals surface area contributed by atoms with Gasteiger partial charge in [0.2, 0.25) is 5.91 Å². The molecule has 1 amide bonds. The van der Waals surface area contributed by atoms with E-state index in [2.05, 4.69) is 24.3 Å². The Bertz CT molecular complexity index is 340. The molecule has 0 N–H and O–H groups in total. The molecule has 0 aromatic heterocycles. The number of carbonyl (C=O) groups is 1. The fourth-order valence-corrected chi connectivity index (χ4v) is 2.04. The maximum absolute atomic E-state index is 11.7. The molecule has 1 rings (SSSR count). The zero-order chi connectivity index (χ0) is 13.2. The molecule has 0 spiro atoms. The first kappa shape index (κ1) is 15.0. The van der Waals surface area contributed by atoms with Gasteiger partial charge in [0.1, 0.15) is 0 Å². The Morgan fingerprint density at radius 1 is 1.17 bits per heavy atom. The van der Waals surface area contributed by atoms with E-state index in [1.54, 1.807) is 0 Å². The van der Waals surface area contributed by atoms with E-state index >= 15 is 0 Å². The summed E-state index contributed by atoms with van der Waals surface area (Å²) in [7, 11) is 1.88. The molecule has 1 aromatic carbocycles. The lowest BCUT2D eigenvalue weighted by atomic mass is 10.1. The van der Waals surface area contributed by atoms with E-state index < -0.39 is 0 Å². The average molecular weight is 268 g/mol. The number of hydrogen-bond donors (Lipinski definition) is 0. The number of unbranched alkanes of at least 4 members (excludes halogenated alkanes) is 1. The predicted molar refractivity (Wildman–Crippen MR) is 77.0 cm³/mol. The van der Waals surface area contributed by atoms with Crippen LogP contribution >= 0.6 is 11.6 Å². The number of alkyl halides is 1. The van der Waals surface area contributed by atoms with Crippen molar-refractivity contribution < 1.29 is 4.79 Å². The smallest absolute Gasteiger partial charge is 0.222 e. The van der Waals surface area contributed by atoms with Crippen molar-refractivity contribution in [2.24, 2.45) is 0 Å². The Morgan fingerprint density at radius 2 is 1.89 bits per heavy atom. The second-order valence-corrected chi connectivity index (χ2v) is 4.93. The monoisotopic (exact) mass is 267 g/mol. The van der Waals surface area contributed by atoms with Crippen LogP contribution in [0.25, 0.3) is 0 Å². The highest BCUT2D eigenvalue weighted by molar-refractivity contribution is 6.17. The van der Waals surface area contributed by atoms with Crippen LogP contribution in [0.15, 0.2) is 30.3 Å². The van der Waals surface area contributed by atoms with Gasteiger partial charge >= 0.3 is 0 Å². The van der Waals surface area contributed by atoms with E-state index in [-0.39, 0.29) is 5.91 Å². The van der Waals surface area contributed by atoms with Gasteiger partial charge in [-0.2, -0.15) is 0 Å². The third kappa shape index (κ3) is 6.06. The van der Waals surface area contributed by atoms with Crippen molar-refractivity contribution in [2.75, 3.05) is 19.5 Å². The van der Waals surface area contributed by atoms with Gasteiger partial charge in [-0.05, 0) is 31.2 Å². The van der Waals surface area contributed by atoms with Crippen molar-refractivity contribution in [3.05, 3.63) is 35.9 Å². The number of rotatable bonds is 8. The van der Waals surface area contributed by atoms with E-state index in [0.717, 1.165) is 32.2 Å². The largest absolute Gasteiger partial charge is 0.346 e. The van der Waals surface area contributed by atoms with Crippen LogP contribution < -0.4 is 0 Å². The standard InChI is InChI=1S/C15H22ClNO/c1-17(15(18)11-5-6-12-16)13-7-10-14-8-3-2-4-9-14/h2-4,8-9H,5-7,10-13H2,1H3. The van der Waals surface area contributed by atoms with Crippen LogP contribution in [0.3, 0.4) is 0 Å². The number of benzene rings is 1. The zero-order valence-electron chi connectivity index (χ0n) is 11.1. The highest BCUT2D eigenvalue weighted by Gasteiger charge is 2.07. The van der Waals surface area contributed by atoms with Crippen molar-refractivity contribution in [2.45, 2.75) is 32.1 Å². The van der Waals surface area contributed by atoms with E-state index in [1.807, 2.05) is 18.0 Å². The molecule has 0 aliphatic rings. The van der Waals surface area contributed by atoms with Crippen LogP contribution in [-0.2, 0) is 11.2 Å². The van der Waals surface area contributed by atoms with Crippen molar-refractivity contribution in [1.82, 2.24) is 4.90 Å². The normalized spacial score (nSPS) is 10.3. The maximum Gasteiger partial charge on any atom is 0.222 e. The molecule has 2 nitrogen and oxygen atoms in total. The Balaban J connectivity index is 2.16. The van der Waals surface area contributed by atoms with E-state index in [9.17, 15) is 4.79 Å². The number of halogens is 1. The topological polar surface area (TPSA) is 20.3 Å². The molecular weight excluding hydrogens is 246 g/mol. The molecule has 0 aliphatic carbocycles. The number of nitrogens with zero attached hydrogens (tertiary/aromatic N) is 1. The average Bonchev–Trinajstić information content (AvgIpc) is 2.40.